The fourth-order valence-electron chi connectivity index (χ4n) is 2.06. The van der Waals surface area contributed by atoms with Gasteiger partial charge in [-0.1, -0.05) is 6.07 Å². The van der Waals surface area contributed by atoms with Crippen LogP contribution >= 0.6 is 11.3 Å². The van der Waals surface area contributed by atoms with E-state index in [0.717, 1.165) is 22.0 Å². The normalized spacial score (nSPS) is 12.0. The lowest BCUT2D eigenvalue weighted by Gasteiger charge is -2.17. The number of carbonyl (C=O) groups excluding carboxylic acids is 1. The Morgan fingerprint density at radius 1 is 1.35 bits per heavy atom. The van der Waals surface area contributed by atoms with E-state index in [1.165, 1.54) is 0 Å². The summed E-state index contributed by atoms with van der Waals surface area (Å²) in [5.41, 5.74) is 3.63. The molecule has 0 radical (unpaired) electrons. The lowest BCUT2D eigenvalue weighted by atomic mass is 10.1. The van der Waals surface area contributed by atoms with Crippen LogP contribution in [-0.4, -0.2) is 17.9 Å². The predicted octanol–water partition coefficient (Wildman–Crippen LogP) is 3.29. The number of hydrogen-bond acceptors (Lipinski definition) is 4. The van der Waals surface area contributed by atoms with Gasteiger partial charge >= 0.3 is 0 Å². The first kappa shape index (κ1) is 14.5. The molecule has 0 bridgehead atoms. The second-order valence-corrected chi connectivity index (χ2v) is 5.78. The number of benzene rings is 1. The Labute approximate surface area is 123 Å². The van der Waals surface area contributed by atoms with Crippen LogP contribution in [0.1, 0.15) is 39.6 Å². The number of anilines is 1. The number of nitrogens with zero attached hydrogens (tertiary/aromatic N) is 1. The van der Waals surface area contributed by atoms with Crippen molar-refractivity contribution in [3.8, 4) is 0 Å². The summed E-state index contributed by atoms with van der Waals surface area (Å²) in [5.74, 6) is -0.0664. The van der Waals surface area contributed by atoms with Gasteiger partial charge in [-0.15, -0.1) is 11.3 Å². The van der Waals surface area contributed by atoms with Gasteiger partial charge in [-0.2, -0.15) is 0 Å². The molecule has 2 aromatic rings. The zero-order valence-electron chi connectivity index (χ0n) is 12.2. The van der Waals surface area contributed by atoms with Crippen LogP contribution in [-0.2, 0) is 0 Å². The van der Waals surface area contributed by atoms with Gasteiger partial charge in [0, 0.05) is 23.7 Å². The van der Waals surface area contributed by atoms with Crippen molar-refractivity contribution in [3.63, 3.8) is 0 Å². The molecule has 106 valence electrons. The molecule has 0 aliphatic carbocycles. The SMILES string of the molecule is CNC(=O)c1cccc(NC(C)c2csc(C)n2)c1C. The molecular weight excluding hydrogens is 270 g/mol. The molecule has 1 amide bonds. The summed E-state index contributed by atoms with van der Waals surface area (Å²) in [6.45, 7) is 6.02. The van der Waals surface area contributed by atoms with Crippen molar-refractivity contribution in [1.29, 1.82) is 0 Å². The highest BCUT2D eigenvalue weighted by atomic mass is 32.1. The van der Waals surface area contributed by atoms with Crippen LogP contribution in [0.3, 0.4) is 0 Å². The second-order valence-electron chi connectivity index (χ2n) is 4.71. The van der Waals surface area contributed by atoms with E-state index in [9.17, 15) is 4.79 Å². The number of thiazole rings is 1. The molecule has 1 aromatic heterocycles. The number of nitrogens with one attached hydrogen (secondary N) is 2. The van der Waals surface area contributed by atoms with E-state index in [2.05, 4.69) is 27.9 Å². The molecule has 0 spiro atoms. The van der Waals surface area contributed by atoms with E-state index < -0.39 is 0 Å². The summed E-state index contributed by atoms with van der Waals surface area (Å²) in [5, 5.41) is 9.20. The minimum atomic E-state index is -0.0664. The summed E-state index contributed by atoms with van der Waals surface area (Å²) >= 11 is 1.64. The van der Waals surface area contributed by atoms with Crippen molar-refractivity contribution >= 4 is 22.9 Å². The molecule has 1 atom stereocenters. The monoisotopic (exact) mass is 289 g/mol. The van der Waals surface area contributed by atoms with Crippen molar-refractivity contribution in [2.45, 2.75) is 26.8 Å². The van der Waals surface area contributed by atoms with Crippen LogP contribution in [0.5, 0.6) is 0 Å². The van der Waals surface area contributed by atoms with E-state index in [1.807, 2.05) is 32.0 Å². The van der Waals surface area contributed by atoms with Gasteiger partial charge < -0.3 is 10.6 Å². The molecule has 2 rings (SSSR count). The number of carbonyl (C=O) groups is 1. The Balaban J connectivity index is 2.23. The van der Waals surface area contributed by atoms with Crippen LogP contribution < -0.4 is 10.6 Å². The molecule has 0 saturated heterocycles. The van der Waals surface area contributed by atoms with Crippen molar-refractivity contribution < 1.29 is 4.79 Å². The maximum atomic E-state index is 11.8. The fourth-order valence-corrected chi connectivity index (χ4v) is 2.77. The third-order valence-electron chi connectivity index (χ3n) is 3.26. The Bertz CT molecular complexity index is 621. The van der Waals surface area contributed by atoms with Gasteiger partial charge in [0.25, 0.3) is 5.91 Å². The molecule has 0 aliphatic heterocycles. The van der Waals surface area contributed by atoms with Gasteiger partial charge in [-0.05, 0) is 38.5 Å². The van der Waals surface area contributed by atoms with Crippen molar-refractivity contribution in [2.24, 2.45) is 0 Å². The maximum Gasteiger partial charge on any atom is 0.251 e. The number of aryl methyl sites for hydroxylation is 1. The topological polar surface area (TPSA) is 54.0 Å². The Hall–Kier alpha value is -1.88. The minimum Gasteiger partial charge on any atom is -0.377 e. The average Bonchev–Trinajstić information content (AvgIpc) is 2.87. The molecule has 2 N–H and O–H groups in total. The molecule has 0 fully saturated rings. The summed E-state index contributed by atoms with van der Waals surface area (Å²) in [6.07, 6.45) is 0. The summed E-state index contributed by atoms with van der Waals surface area (Å²) in [4.78, 5) is 16.3. The zero-order chi connectivity index (χ0) is 14.7. The lowest BCUT2D eigenvalue weighted by molar-refractivity contribution is 0.0962. The van der Waals surface area contributed by atoms with Gasteiger partial charge in [0.15, 0.2) is 0 Å². The van der Waals surface area contributed by atoms with Crippen molar-refractivity contribution in [3.05, 3.63) is 45.4 Å². The quantitative estimate of drug-likeness (QED) is 0.908. The first-order valence-electron chi connectivity index (χ1n) is 6.53. The average molecular weight is 289 g/mol. The van der Waals surface area contributed by atoms with Crippen LogP contribution in [0.25, 0.3) is 0 Å². The molecule has 20 heavy (non-hydrogen) atoms. The largest absolute Gasteiger partial charge is 0.377 e. The van der Waals surface area contributed by atoms with Crippen LogP contribution in [0, 0.1) is 13.8 Å². The Morgan fingerprint density at radius 3 is 2.70 bits per heavy atom. The van der Waals surface area contributed by atoms with Crippen LogP contribution in [0.2, 0.25) is 0 Å². The summed E-state index contributed by atoms with van der Waals surface area (Å²) in [6, 6.07) is 5.81. The molecule has 1 aromatic carbocycles. The van der Waals surface area contributed by atoms with E-state index in [4.69, 9.17) is 0 Å². The van der Waals surface area contributed by atoms with Gasteiger partial charge in [0.2, 0.25) is 0 Å². The molecule has 1 unspecified atom stereocenters. The Morgan fingerprint density at radius 2 is 2.10 bits per heavy atom. The molecule has 1 heterocycles. The second kappa shape index (κ2) is 6.05. The third kappa shape index (κ3) is 2.99. The third-order valence-corrected chi connectivity index (χ3v) is 4.05. The minimum absolute atomic E-state index is 0.0664. The van der Waals surface area contributed by atoms with E-state index in [-0.39, 0.29) is 11.9 Å². The van der Waals surface area contributed by atoms with Gasteiger partial charge in [-0.3, -0.25) is 4.79 Å². The number of amides is 1. The Kier molecular flexibility index (Phi) is 4.39. The van der Waals surface area contributed by atoms with Crippen LogP contribution in [0.4, 0.5) is 5.69 Å². The molecule has 5 heteroatoms. The first-order chi connectivity index (χ1) is 9.52. The van der Waals surface area contributed by atoms with E-state index >= 15 is 0 Å². The zero-order valence-corrected chi connectivity index (χ0v) is 13.0. The standard InChI is InChI=1S/C15H19N3OS/c1-9-12(15(19)16-4)6-5-7-13(9)17-10(2)14-8-20-11(3)18-14/h5-8,10,17H,1-4H3,(H,16,19). The molecule has 0 saturated carbocycles. The number of aromatic nitrogens is 1. The first-order valence-corrected chi connectivity index (χ1v) is 7.41. The van der Waals surface area contributed by atoms with Gasteiger partial charge in [0.1, 0.15) is 0 Å². The fraction of sp³-hybridized carbons (Fsp3) is 0.333. The van der Waals surface area contributed by atoms with Crippen LogP contribution in [0.15, 0.2) is 23.6 Å². The van der Waals surface area contributed by atoms with E-state index in [1.54, 1.807) is 18.4 Å². The molecule has 0 aliphatic rings. The highest BCUT2D eigenvalue weighted by Crippen LogP contribution is 2.25. The van der Waals surface area contributed by atoms with Crippen molar-refractivity contribution in [1.82, 2.24) is 10.3 Å². The van der Waals surface area contributed by atoms with Gasteiger partial charge in [-0.25, -0.2) is 4.98 Å². The summed E-state index contributed by atoms with van der Waals surface area (Å²) in [7, 11) is 1.64. The highest BCUT2D eigenvalue weighted by molar-refractivity contribution is 7.09. The smallest absolute Gasteiger partial charge is 0.251 e. The number of rotatable bonds is 4. The number of hydrogen-bond donors (Lipinski definition) is 2. The molecular formula is C15H19N3OS. The predicted molar refractivity (Wildman–Crippen MR) is 83.5 cm³/mol. The van der Waals surface area contributed by atoms with E-state index in [0.29, 0.717) is 5.56 Å². The summed E-state index contributed by atoms with van der Waals surface area (Å²) < 4.78 is 0. The van der Waals surface area contributed by atoms with Crippen molar-refractivity contribution in [2.75, 3.05) is 12.4 Å². The lowest BCUT2D eigenvalue weighted by Crippen LogP contribution is -2.19. The van der Waals surface area contributed by atoms with Gasteiger partial charge in [0.05, 0.1) is 16.7 Å². The highest BCUT2D eigenvalue weighted by Gasteiger charge is 2.13. The maximum absolute atomic E-state index is 11.8. The molecule has 4 nitrogen and oxygen atoms in total.